The van der Waals surface area contributed by atoms with Gasteiger partial charge in [0, 0.05) is 0 Å². The number of methoxy groups -OCH3 is 1. The van der Waals surface area contributed by atoms with Gasteiger partial charge in [0.05, 0.1) is 0 Å². The molecule has 0 bridgehead atoms. The van der Waals surface area contributed by atoms with E-state index in [1.165, 1.54) is 10.0 Å². The van der Waals surface area contributed by atoms with Crippen LogP contribution < -0.4 is 9.20 Å². The predicted molar refractivity (Wildman–Crippen MR) is 96.5 cm³/mol. The zero-order valence-electron chi connectivity index (χ0n) is 13.2. The van der Waals surface area contributed by atoms with Gasteiger partial charge in [-0.1, -0.05) is 0 Å². The first-order chi connectivity index (χ1) is 10.7. The minimum absolute atomic E-state index is 0.168. The zero-order valence-corrected chi connectivity index (χ0v) is 15.7. The van der Waals surface area contributed by atoms with E-state index in [9.17, 15) is 5.11 Å². The molecule has 2 aromatic rings. The van der Waals surface area contributed by atoms with Crippen LogP contribution in [0.2, 0.25) is 5.32 Å². The fourth-order valence-electron chi connectivity index (χ4n) is 2.23. The van der Waals surface area contributed by atoms with Crippen LogP contribution in [0.5, 0.6) is 5.75 Å². The van der Waals surface area contributed by atoms with E-state index in [0.29, 0.717) is 5.25 Å². The summed E-state index contributed by atoms with van der Waals surface area (Å²) in [5, 5.41) is 11.6. The topological polar surface area (TPSA) is 29.5 Å². The third kappa shape index (κ3) is 4.30. The van der Waals surface area contributed by atoms with Crippen molar-refractivity contribution < 1.29 is 9.84 Å². The molecule has 2 nitrogen and oxygen atoms in total. The molecule has 0 saturated carbocycles. The molecule has 0 aliphatic rings. The number of aliphatic hydroxyl groups is 1. The second-order valence-corrected chi connectivity index (χ2v) is 8.33. The van der Waals surface area contributed by atoms with E-state index in [1.54, 1.807) is 7.11 Å². The van der Waals surface area contributed by atoms with Gasteiger partial charge in [0.25, 0.3) is 0 Å². The number of thioether (sulfide) groups is 1. The van der Waals surface area contributed by atoms with Gasteiger partial charge >= 0.3 is 143 Å². The van der Waals surface area contributed by atoms with E-state index in [0.717, 1.165) is 16.6 Å². The Morgan fingerprint density at radius 3 is 2.50 bits per heavy atom. The molecular formula is C18H22O2SSe. The molecule has 22 heavy (non-hydrogen) atoms. The van der Waals surface area contributed by atoms with Crippen molar-refractivity contribution in [2.75, 3.05) is 13.4 Å². The molecule has 0 aromatic heterocycles. The number of hydrogen-bond acceptors (Lipinski definition) is 3. The minimum atomic E-state index is -0.413. The van der Waals surface area contributed by atoms with Gasteiger partial charge in [-0.05, 0) is 0 Å². The molecule has 0 heterocycles. The molecule has 0 unspecified atom stereocenters. The van der Waals surface area contributed by atoms with Gasteiger partial charge < -0.3 is 0 Å². The first-order valence-electron chi connectivity index (χ1n) is 7.22. The van der Waals surface area contributed by atoms with Gasteiger partial charge in [-0.25, -0.2) is 0 Å². The molecular weight excluding hydrogens is 359 g/mol. The Labute approximate surface area is 143 Å². The fraction of sp³-hybridized carbons (Fsp3) is 0.333. The van der Waals surface area contributed by atoms with Crippen LogP contribution in [0.15, 0.2) is 48.5 Å². The zero-order chi connectivity index (χ0) is 15.9. The standard InChI is InChI=1S/C18H22O2SSe/c1-13(21-3)15-10-7-11-17(20-2)18(15)22-12-16(19)14-8-5-4-6-9-14/h4-11,13,16,19H,12H2,1-3H3/t13-,16-/m0/s1. The molecule has 0 aliphatic carbocycles. The molecule has 2 atom stereocenters. The Morgan fingerprint density at radius 2 is 1.86 bits per heavy atom. The average Bonchev–Trinajstić information content (AvgIpc) is 2.59. The number of rotatable bonds is 7. The van der Waals surface area contributed by atoms with E-state index in [1.807, 2.05) is 54.2 Å². The van der Waals surface area contributed by atoms with E-state index in [4.69, 9.17) is 4.74 Å². The van der Waals surface area contributed by atoms with Gasteiger partial charge in [0.15, 0.2) is 0 Å². The Bertz CT molecular complexity index is 589. The maximum atomic E-state index is 10.4. The molecule has 1 N–H and O–H groups in total. The quantitative estimate of drug-likeness (QED) is 0.744. The molecule has 0 fully saturated rings. The first-order valence-corrected chi connectivity index (χ1v) is 10.6. The predicted octanol–water partition coefficient (Wildman–Crippen LogP) is 3.60. The molecule has 0 saturated heterocycles. The summed E-state index contributed by atoms with van der Waals surface area (Å²) in [7, 11) is 1.72. The molecule has 4 heteroatoms. The number of aliphatic hydroxyl groups excluding tert-OH is 1. The molecule has 2 aromatic carbocycles. The summed E-state index contributed by atoms with van der Waals surface area (Å²) in [5.41, 5.74) is 2.31. The second-order valence-electron chi connectivity index (χ2n) is 4.99. The SMILES string of the molecule is COc1cccc([C@H](C)SC)c1[Se]C[C@H](O)c1ccccc1. The molecule has 2 rings (SSSR count). The van der Waals surface area contributed by atoms with Crippen LogP contribution in [0.25, 0.3) is 0 Å². The van der Waals surface area contributed by atoms with Crippen molar-refractivity contribution in [3.05, 3.63) is 59.7 Å². The molecule has 0 aliphatic heterocycles. The van der Waals surface area contributed by atoms with Crippen LogP contribution in [0.4, 0.5) is 0 Å². The Hall–Kier alpha value is -0.931. The molecule has 0 spiro atoms. The van der Waals surface area contributed by atoms with Crippen LogP contribution in [-0.2, 0) is 0 Å². The third-order valence-electron chi connectivity index (χ3n) is 3.59. The van der Waals surface area contributed by atoms with Gasteiger partial charge in [-0.15, -0.1) is 0 Å². The van der Waals surface area contributed by atoms with Gasteiger partial charge in [-0.2, -0.15) is 0 Å². The van der Waals surface area contributed by atoms with E-state index in [-0.39, 0.29) is 15.0 Å². The van der Waals surface area contributed by atoms with Gasteiger partial charge in [-0.3, -0.25) is 0 Å². The van der Waals surface area contributed by atoms with E-state index < -0.39 is 6.10 Å². The summed E-state index contributed by atoms with van der Waals surface area (Å²) in [5.74, 6) is 0.943. The van der Waals surface area contributed by atoms with E-state index >= 15 is 0 Å². The summed E-state index contributed by atoms with van der Waals surface area (Å²) in [6.45, 7) is 2.21. The van der Waals surface area contributed by atoms with Crippen LogP contribution in [0.3, 0.4) is 0 Å². The van der Waals surface area contributed by atoms with Crippen molar-refractivity contribution in [2.45, 2.75) is 23.6 Å². The number of hydrogen-bond donors (Lipinski definition) is 1. The van der Waals surface area contributed by atoms with Crippen molar-refractivity contribution in [1.29, 1.82) is 0 Å². The first kappa shape index (κ1) is 17.4. The van der Waals surface area contributed by atoms with Crippen molar-refractivity contribution in [2.24, 2.45) is 0 Å². The van der Waals surface area contributed by atoms with Gasteiger partial charge in [0.2, 0.25) is 0 Å². The summed E-state index contributed by atoms with van der Waals surface area (Å²) in [6.07, 6.45) is 1.71. The second kappa shape index (κ2) is 8.64. The average molecular weight is 381 g/mol. The Kier molecular flexibility index (Phi) is 6.84. The van der Waals surface area contributed by atoms with Crippen LogP contribution in [-0.4, -0.2) is 33.4 Å². The summed E-state index contributed by atoms with van der Waals surface area (Å²) in [4.78, 5) is 0. The molecule has 0 radical (unpaired) electrons. The third-order valence-corrected chi connectivity index (χ3v) is 7.09. The Morgan fingerprint density at radius 1 is 1.14 bits per heavy atom. The van der Waals surface area contributed by atoms with Crippen LogP contribution in [0.1, 0.15) is 29.4 Å². The van der Waals surface area contributed by atoms with Gasteiger partial charge in [0.1, 0.15) is 0 Å². The summed E-state index contributed by atoms with van der Waals surface area (Å²) in [6, 6.07) is 16.1. The van der Waals surface area contributed by atoms with Crippen LogP contribution in [0, 0.1) is 0 Å². The fourth-order valence-corrected chi connectivity index (χ4v) is 5.41. The molecule has 0 amide bonds. The monoisotopic (exact) mass is 382 g/mol. The maximum absolute atomic E-state index is 10.4. The normalized spacial score (nSPS) is 13.6. The van der Waals surface area contributed by atoms with Crippen molar-refractivity contribution >= 4 is 31.2 Å². The molecule has 118 valence electrons. The number of benzene rings is 2. The van der Waals surface area contributed by atoms with Crippen LogP contribution >= 0.6 is 11.8 Å². The summed E-state index contributed by atoms with van der Waals surface area (Å²) < 4.78 is 6.82. The summed E-state index contributed by atoms with van der Waals surface area (Å²) >= 11 is 2.00. The number of ether oxygens (including phenoxy) is 1. The van der Waals surface area contributed by atoms with Crippen molar-refractivity contribution in [3.8, 4) is 5.75 Å². The van der Waals surface area contributed by atoms with Crippen molar-refractivity contribution in [1.82, 2.24) is 0 Å². The van der Waals surface area contributed by atoms with Crippen molar-refractivity contribution in [3.63, 3.8) is 0 Å². The van der Waals surface area contributed by atoms with E-state index in [2.05, 4.69) is 19.2 Å². The Balaban J connectivity index is 2.18.